The predicted molar refractivity (Wildman–Crippen MR) is 124 cm³/mol. The Balaban J connectivity index is 1.75. The van der Waals surface area contributed by atoms with Gasteiger partial charge in [-0.05, 0) is 0 Å². The summed E-state index contributed by atoms with van der Waals surface area (Å²) in [6, 6.07) is -2.72. The molecule has 11 N–H and O–H groups in total. The van der Waals surface area contributed by atoms with Crippen LogP contribution in [0.3, 0.4) is 0 Å². The van der Waals surface area contributed by atoms with Crippen molar-refractivity contribution >= 4 is 11.8 Å². The minimum absolute atomic E-state index is 0.603. The molecule has 0 aliphatic carbocycles. The van der Waals surface area contributed by atoms with Crippen molar-refractivity contribution < 1.29 is 79.2 Å². The van der Waals surface area contributed by atoms with Gasteiger partial charge in [-0.25, -0.2) is 0 Å². The van der Waals surface area contributed by atoms with Gasteiger partial charge < -0.3 is 80.3 Å². The average Bonchev–Trinajstić information content (AvgIpc) is 2.90. The minimum atomic E-state index is -1.95. The molecule has 0 aromatic heterocycles. The van der Waals surface area contributed by atoms with E-state index in [2.05, 4.69) is 10.6 Å². The molecule has 18 nitrogen and oxygen atoms in total. The van der Waals surface area contributed by atoms with Crippen LogP contribution in [0, 0.1) is 0 Å². The van der Waals surface area contributed by atoms with Crippen molar-refractivity contribution in [1.29, 1.82) is 0 Å². The number of hydrogen-bond donors (Lipinski definition) is 11. The van der Waals surface area contributed by atoms with Gasteiger partial charge in [-0.15, -0.1) is 0 Å². The first-order valence-electron chi connectivity index (χ1n) is 12.6. The SMILES string of the molecule is CC(=O)NC1C(OCC2OC(O)C(O)C(OC3OC(CO)C(O)C(O)C3NC(C)=O)C2O)OC(CO)C(O)C1O. The van der Waals surface area contributed by atoms with E-state index in [1.807, 2.05) is 0 Å². The lowest BCUT2D eigenvalue weighted by Gasteiger charge is -2.47. The van der Waals surface area contributed by atoms with Gasteiger partial charge in [0.2, 0.25) is 11.8 Å². The lowest BCUT2D eigenvalue weighted by atomic mass is 9.95. The lowest BCUT2D eigenvalue weighted by Crippen LogP contribution is -2.68. The zero-order valence-corrected chi connectivity index (χ0v) is 21.7. The number of hydrogen-bond acceptors (Lipinski definition) is 16. The van der Waals surface area contributed by atoms with E-state index in [-0.39, 0.29) is 0 Å². The molecule has 0 radical (unpaired) electrons. The van der Waals surface area contributed by atoms with Gasteiger partial charge in [0, 0.05) is 13.8 Å². The van der Waals surface area contributed by atoms with Gasteiger partial charge in [-0.2, -0.15) is 0 Å². The first kappa shape index (κ1) is 32.9. The van der Waals surface area contributed by atoms with E-state index < -0.39 is 124 Å². The largest absolute Gasteiger partial charge is 0.394 e. The van der Waals surface area contributed by atoms with Crippen LogP contribution in [0.15, 0.2) is 0 Å². The number of aliphatic hydroxyl groups is 9. The fourth-order valence-corrected chi connectivity index (χ4v) is 4.76. The molecule has 3 aliphatic rings. The van der Waals surface area contributed by atoms with Crippen molar-refractivity contribution in [3.63, 3.8) is 0 Å². The number of ether oxygens (including phenoxy) is 5. The molecule has 15 unspecified atom stereocenters. The molecule has 3 saturated heterocycles. The molecule has 3 fully saturated rings. The maximum absolute atomic E-state index is 11.7. The second-order valence-corrected chi connectivity index (χ2v) is 9.85. The molecule has 15 atom stereocenters. The molecule has 0 aromatic carbocycles. The van der Waals surface area contributed by atoms with E-state index in [0.29, 0.717) is 0 Å². The van der Waals surface area contributed by atoms with Crippen LogP contribution in [0.25, 0.3) is 0 Å². The van der Waals surface area contributed by atoms with Gasteiger partial charge in [0.25, 0.3) is 0 Å². The monoisotopic (exact) mass is 586 g/mol. The van der Waals surface area contributed by atoms with E-state index in [1.54, 1.807) is 0 Å². The number of carbonyl (C=O) groups is 2. The average molecular weight is 587 g/mol. The van der Waals surface area contributed by atoms with Crippen LogP contribution < -0.4 is 10.6 Å². The molecule has 0 saturated carbocycles. The van der Waals surface area contributed by atoms with Gasteiger partial charge in [0.05, 0.1) is 19.8 Å². The second kappa shape index (κ2) is 14.0. The molecule has 3 heterocycles. The maximum Gasteiger partial charge on any atom is 0.217 e. The molecule has 0 bridgehead atoms. The van der Waals surface area contributed by atoms with Crippen molar-refractivity contribution in [2.24, 2.45) is 0 Å². The lowest BCUT2D eigenvalue weighted by molar-refractivity contribution is -0.348. The molecule has 232 valence electrons. The molecule has 3 rings (SSSR count). The molecule has 0 spiro atoms. The Morgan fingerprint density at radius 1 is 0.650 bits per heavy atom. The highest BCUT2D eigenvalue weighted by molar-refractivity contribution is 5.73. The van der Waals surface area contributed by atoms with E-state index in [4.69, 9.17) is 23.7 Å². The van der Waals surface area contributed by atoms with E-state index >= 15 is 0 Å². The zero-order chi connectivity index (χ0) is 29.9. The van der Waals surface area contributed by atoms with Crippen LogP contribution in [0.2, 0.25) is 0 Å². The number of carbonyl (C=O) groups excluding carboxylic acids is 2. The van der Waals surface area contributed by atoms with Crippen LogP contribution in [-0.4, -0.2) is 170 Å². The third kappa shape index (κ3) is 7.23. The molecule has 18 heteroatoms. The summed E-state index contributed by atoms with van der Waals surface area (Å²) in [6.07, 6.45) is -21.0. The first-order valence-corrected chi connectivity index (χ1v) is 12.6. The van der Waals surface area contributed by atoms with Crippen molar-refractivity contribution in [2.45, 2.75) is 106 Å². The van der Waals surface area contributed by atoms with E-state index in [1.165, 1.54) is 0 Å². The Morgan fingerprint density at radius 3 is 1.60 bits per heavy atom. The zero-order valence-electron chi connectivity index (χ0n) is 21.7. The van der Waals surface area contributed by atoms with Crippen molar-refractivity contribution in [3.8, 4) is 0 Å². The highest BCUT2D eigenvalue weighted by atomic mass is 16.7. The Morgan fingerprint density at radius 2 is 1.12 bits per heavy atom. The van der Waals surface area contributed by atoms with Crippen LogP contribution >= 0.6 is 0 Å². The van der Waals surface area contributed by atoms with Gasteiger partial charge in [0.1, 0.15) is 73.1 Å². The van der Waals surface area contributed by atoms with Gasteiger partial charge >= 0.3 is 0 Å². The van der Waals surface area contributed by atoms with Gasteiger partial charge in [-0.1, -0.05) is 0 Å². The predicted octanol–water partition coefficient (Wildman–Crippen LogP) is -7.29. The first-order chi connectivity index (χ1) is 18.8. The third-order valence-electron chi connectivity index (χ3n) is 6.88. The van der Waals surface area contributed by atoms with Crippen LogP contribution in [0.5, 0.6) is 0 Å². The summed E-state index contributed by atoms with van der Waals surface area (Å²) in [7, 11) is 0. The summed E-state index contributed by atoms with van der Waals surface area (Å²) in [4.78, 5) is 23.3. The topological polar surface area (TPSA) is 286 Å². The number of rotatable bonds is 9. The van der Waals surface area contributed by atoms with Crippen LogP contribution in [0.1, 0.15) is 13.8 Å². The fourth-order valence-electron chi connectivity index (χ4n) is 4.76. The smallest absolute Gasteiger partial charge is 0.217 e. The summed E-state index contributed by atoms with van der Waals surface area (Å²) in [6.45, 7) is 0.187. The Kier molecular flexibility index (Phi) is 11.5. The number of aliphatic hydroxyl groups excluding tert-OH is 9. The number of nitrogens with one attached hydrogen (secondary N) is 2. The minimum Gasteiger partial charge on any atom is -0.394 e. The van der Waals surface area contributed by atoms with Crippen molar-refractivity contribution in [2.75, 3.05) is 19.8 Å². The highest BCUT2D eigenvalue weighted by Gasteiger charge is 2.52. The second-order valence-electron chi connectivity index (χ2n) is 9.85. The Labute approximate surface area is 228 Å². The highest BCUT2D eigenvalue weighted by Crippen LogP contribution is 2.30. The van der Waals surface area contributed by atoms with Crippen LogP contribution in [-0.2, 0) is 33.3 Å². The standard InChI is InChI=1S/C22H38N2O16/c1-6(27)23-11-16(32)13(29)8(3-25)38-21(11)36-5-10-15(31)19(18(34)20(35)37-10)40-22-12(24-7(2)28)17(33)14(30)9(4-26)39-22/h8-22,25-26,29-35H,3-5H2,1-2H3,(H,23,27)(H,24,28). The summed E-state index contributed by atoms with van der Waals surface area (Å²) >= 11 is 0. The molecule has 2 amide bonds. The van der Waals surface area contributed by atoms with Crippen molar-refractivity contribution in [1.82, 2.24) is 10.6 Å². The van der Waals surface area contributed by atoms with Gasteiger partial charge in [-0.3, -0.25) is 9.59 Å². The number of amides is 2. The summed E-state index contributed by atoms with van der Waals surface area (Å²) in [5, 5.41) is 96.5. The fraction of sp³-hybridized carbons (Fsp3) is 0.909. The maximum atomic E-state index is 11.7. The molecule has 40 heavy (non-hydrogen) atoms. The summed E-state index contributed by atoms with van der Waals surface area (Å²) < 4.78 is 27.3. The molecular formula is C22H38N2O16. The summed E-state index contributed by atoms with van der Waals surface area (Å²) in [5.74, 6) is -1.25. The van der Waals surface area contributed by atoms with Gasteiger partial charge in [0.15, 0.2) is 18.9 Å². The quantitative estimate of drug-likeness (QED) is 0.120. The van der Waals surface area contributed by atoms with Crippen molar-refractivity contribution in [3.05, 3.63) is 0 Å². The van der Waals surface area contributed by atoms with Crippen LogP contribution in [0.4, 0.5) is 0 Å². The molecule has 3 aliphatic heterocycles. The Hall–Kier alpha value is -1.62. The third-order valence-corrected chi connectivity index (χ3v) is 6.88. The molecule has 0 aromatic rings. The van der Waals surface area contributed by atoms with E-state index in [0.717, 1.165) is 13.8 Å². The normalized spacial score (nSPS) is 46.0. The Bertz CT molecular complexity index is 854. The van der Waals surface area contributed by atoms with E-state index in [9.17, 15) is 55.5 Å². The summed E-state index contributed by atoms with van der Waals surface area (Å²) in [5.41, 5.74) is 0. The molecular weight excluding hydrogens is 548 g/mol.